The Kier molecular flexibility index (Phi) is 5.31. The predicted octanol–water partition coefficient (Wildman–Crippen LogP) is 4.65. The molecule has 1 unspecified atom stereocenters. The van der Waals surface area contributed by atoms with Gasteiger partial charge in [-0.05, 0) is 42.3 Å². The van der Waals surface area contributed by atoms with Crippen LogP contribution in [0.5, 0.6) is 5.75 Å². The van der Waals surface area contributed by atoms with E-state index >= 15 is 0 Å². The summed E-state index contributed by atoms with van der Waals surface area (Å²) in [6.07, 6.45) is 1.06. The summed E-state index contributed by atoms with van der Waals surface area (Å²) in [7, 11) is 1.64. The van der Waals surface area contributed by atoms with Crippen molar-refractivity contribution < 1.29 is 9.84 Å². The van der Waals surface area contributed by atoms with Gasteiger partial charge in [0.25, 0.3) is 0 Å². The maximum Gasteiger partial charge on any atom is 0.118 e. The number of hydrogen-bond acceptors (Lipinski definition) is 2. The van der Waals surface area contributed by atoms with Crippen molar-refractivity contribution in [1.29, 1.82) is 0 Å². The van der Waals surface area contributed by atoms with Crippen molar-refractivity contribution in [3.63, 3.8) is 0 Å². The summed E-state index contributed by atoms with van der Waals surface area (Å²) in [4.78, 5) is 0. The number of methoxy groups -OCH3 is 1. The molecule has 2 aromatic rings. The van der Waals surface area contributed by atoms with Crippen LogP contribution in [-0.2, 0) is 12.8 Å². The van der Waals surface area contributed by atoms with E-state index in [4.69, 9.17) is 16.3 Å². The lowest BCUT2D eigenvalue weighted by Crippen LogP contribution is -2.30. The molecule has 0 bridgehead atoms. The lowest BCUT2D eigenvalue weighted by atomic mass is 9.90. The first-order chi connectivity index (χ1) is 9.89. The first kappa shape index (κ1) is 16.3. The van der Waals surface area contributed by atoms with Crippen LogP contribution in [0.25, 0.3) is 0 Å². The number of halogens is 2. The van der Waals surface area contributed by atoms with Gasteiger partial charge in [0.05, 0.1) is 12.7 Å². The summed E-state index contributed by atoms with van der Waals surface area (Å²) in [6, 6.07) is 13.5. The summed E-state index contributed by atoms with van der Waals surface area (Å²) in [6.45, 7) is 1.83. The van der Waals surface area contributed by atoms with E-state index in [0.29, 0.717) is 17.9 Å². The van der Waals surface area contributed by atoms with Crippen LogP contribution < -0.4 is 4.74 Å². The molecule has 0 aliphatic heterocycles. The van der Waals surface area contributed by atoms with Crippen molar-refractivity contribution >= 4 is 27.5 Å². The summed E-state index contributed by atoms with van der Waals surface area (Å²) in [5, 5.41) is 11.3. The quantitative estimate of drug-likeness (QED) is 0.831. The van der Waals surface area contributed by atoms with E-state index in [9.17, 15) is 5.11 Å². The van der Waals surface area contributed by atoms with Gasteiger partial charge in [-0.1, -0.05) is 45.7 Å². The molecule has 112 valence electrons. The third-order valence-electron chi connectivity index (χ3n) is 3.33. The van der Waals surface area contributed by atoms with Gasteiger partial charge in [-0.15, -0.1) is 0 Å². The molecule has 0 aromatic heterocycles. The molecular formula is C17H18BrClO2. The van der Waals surface area contributed by atoms with E-state index in [0.717, 1.165) is 21.3 Å². The Labute approximate surface area is 138 Å². The fraction of sp³-hybridized carbons (Fsp3) is 0.294. The van der Waals surface area contributed by atoms with Gasteiger partial charge in [-0.2, -0.15) is 0 Å². The van der Waals surface area contributed by atoms with Crippen molar-refractivity contribution in [3.8, 4) is 5.75 Å². The second-order valence-corrected chi connectivity index (χ2v) is 6.76. The Morgan fingerprint density at radius 2 is 1.81 bits per heavy atom. The molecule has 0 fully saturated rings. The van der Waals surface area contributed by atoms with Gasteiger partial charge in [0, 0.05) is 22.3 Å². The fourth-order valence-electron chi connectivity index (χ4n) is 2.32. The van der Waals surface area contributed by atoms with Gasteiger partial charge in [-0.3, -0.25) is 0 Å². The van der Waals surface area contributed by atoms with Crippen LogP contribution in [-0.4, -0.2) is 17.8 Å². The molecule has 0 radical (unpaired) electrons. The molecule has 2 aromatic carbocycles. The van der Waals surface area contributed by atoms with Crippen molar-refractivity contribution in [3.05, 3.63) is 63.1 Å². The Morgan fingerprint density at radius 1 is 1.14 bits per heavy atom. The summed E-state index contributed by atoms with van der Waals surface area (Å²) < 4.78 is 6.07. The molecule has 0 aliphatic rings. The second kappa shape index (κ2) is 6.82. The van der Waals surface area contributed by atoms with E-state index < -0.39 is 5.60 Å². The molecule has 0 spiro atoms. The average Bonchev–Trinajstić information content (AvgIpc) is 2.42. The monoisotopic (exact) mass is 368 g/mol. The SMILES string of the molecule is COc1ccc(CC(C)(O)Cc2ccc(Br)cc2Cl)cc1. The molecule has 0 amide bonds. The van der Waals surface area contributed by atoms with Gasteiger partial charge in [0.2, 0.25) is 0 Å². The number of aliphatic hydroxyl groups is 1. The van der Waals surface area contributed by atoms with Crippen LogP contribution in [0.1, 0.15) is 18.1 Å². The van der Waals surface area contributed by atoms with Gasteiger partial charge in [-0.25, -0.2) is 0 Å². The highest BCUT2D eigenvalue weighted by atomic mass is 79.9. The van der Waals surface area contributed by atoms with Crippen molar-refractivity contribution in [1.82, 2.24) is 0 Å². The maximum absolute atomic E-state index is 10.6. The topological polar surface area (TPSA) is 29.5 Å². The van der Waals surface area contributed by atoms with Gasteiger partial charge < -0.3 is 9.84 Å². The van der Waals surface area contributed by atoms with Crippen LogP contribution >= 0.6 is 27.5 Å². The van der Waals surface area contributed by atoms with Crippen molar-refractivity contribution in [2.24, 2.45) is 0 Å². The number of rotatable bonds is 5. The predicted molar refractivity (Wildman–Crippen MR) is 90.2 cm³/mol. The number of ether oxygens (including phenoxy) is 1. The normalized spacial score (nSPS) is 13.8. The van der Waals surface area contributed by atoms with Gasteiger partial charge in [0.15, 0.2) is 0 Å². The van der Waals surface area contributed by atoms with Crippen LogP contribution in [0, 0.1) is 0 Å². The molecule has 2 rings (SSSR count). The van der Waals surface area contributed by atoms with E-state index in [-0.39, 0.29) is 0 Å². The van der Waals surface area contributed by atoms with E-state index in [1.807, 2.05) is 49.4 Å². The van der Waals surface area contributed by atoms with Crippen LogP contribution in [0.4, 0.5) is 0 Å². The highest BCUT2D eigenvalue weighted by Gasteiger charge is 2.22. The Bertz CT molecular complexity index is 609. The second-order valence-electron chi connectivity index (χ2n) is 5.43. The van der Waals surface area contributed by atoms with E-state index in [1.165, 1.54) is 0 Å². The lowest BCUT2D eigenvalue weighted by molar-refractivity contribution is 0.0608. The number of hydrogen-bond donors (Lipinski definition) is 1. The van der Waals surface area contributed by atoms with E-state index in [2.05, 4.69) is 15.9 Å². The zero-order valence-electron chi connectivity index (χ0n) is 12.1. The minimum absolute atomic E-state index is 0.505. The molecule has 0 saturated heterocycles. The first-order valence-electron chi connectivity index (χ1n) is 6.69. The first-order valence-corrected chi connectivity index (χ1v) is 7.86. The van der Waals surface area contributed by atoms with Gasteiger partial charge in [0.1, 0.15) is 5.75 Å². The summed E-state index contributed by atoms with van der Waals surface area (Å²) in [5.74, 6) is 0.814. The third-order valence-corrected chi connectivity index (χ3v) is 4.18. The summed E-state index contributed by atoms with van der Waals surface area (Å²) >= 11 is 9.60. The lowest BCUT2D eigenvalue weighted by Gasteiger charge is -2.24. The molecule has 1 N–H and O–H groups in total. The van der Waals surface area contributed by atoms with Crippen molar-refractivity contribution in [2.75, 3.05) is 7.11 Å². The zero-order chi connectivity index (χ0) is 15.5. The third kappa shape index (κ3) is 4.73. The molecule has 0 heterocycles. The highest BCUT2D eigenvalue weighted by molar-refractivity contribution is 9.10. The summed E-state index contributed by atoms with van der Waals surface area (Å²) in [5.41, 5.74) is 1.15. The van der Waals surface area contributed by atoms with Crippen LogP contribution in [0.15, 0.2) is 46.9 Å². The minimum atomic E-state index is -0.855. The van der Waals surface area contributed by atoms with Crippen LogP contribution in [0.3, 0.4) is 0 Å². The molecule has 0 saturated carbocycles. The average molecular weight is 370 g/mol. The molecule has 2 nitrogen and oxygen atoms in total. The Morgan fingerprint density at radius 3 is 2.38 bits per heavy atom. The Balaban J connectivity index is 2.10. The van der Waals surface area contributed by atoms with Crippen LogP contribution in [0.2, 0.25) is 5.02 Å². The van der Waals surface area contributed by atoms with Gasteiger partial charge >= 0.3 is 0 Å². The molecule has 1 atom stereocenters. The maximum atomic E-state index is 10.6. The molecular weight excluding hydrogens is 352 g/mol. The Hall–Kier alpha value is -1.03. The minimum Gasteiger partial charge on any atom is -0.497 e. The van der Waals surface area contributed by atoms with Crippen molar-refractivity contribution in [2.45, 2.75) is 25.4 Å². The zero-order valence-corrected chi connectivity index (χ0v) is 14.4. The standard InChI is InChI=1S/C17H18BrClO2/c1-17(20,10-12-3-7-15(21-2)8-4-12)11-13-5-6-14(18)9-16(13)19/h3-9,20H,10-11H2,1-2H3. The smallest absolute Gasteiger partial charge is 0.118 e. The largest absolute Gasteiger partial charge is 0.497 e. The fourth-order valence-corrected chi connectivity index (χ4v) is 3.06. The molecule has 0 aliphatic carbocycles. The molecule has 21 heavy (non-hydrogen) atoms. The number of benzene rings is 2. The highest BCUT2D eigenvalue weighted by Crippen LogP contribution is 2.27. The van der Waals surface area contributed by atoms with E-state index in [1.54, 1.807) is 7.11 Å². The molecule has 4 heteroatoms.